The lowest BCUT2D eigenvalue weighted by atomic mass is 10.1. The summed E-state index contributed by atoms with van der Waals surface area (Å²) in [5, 5.41) is 0. The molecule has 2 nitrogen and oxygen atoms in total. The molecule has 0 spiro atoms. The molecule has 0 radical (unpaired) electrons. The van der Waals surface area contributed by atoms with Crippen molar-refractivity contribution in [2.75, 3.05) is 6.61 Å². The van der Waals surface area contributed by atoms with Crippen molar-refractivity contribution < 1.29 is 9.53 Å². The SMILES string of the molecule is C.CC(=O)c1ccc(CCOc2ccccc2C)cc1. The van der Waals surface area contributed by atoms with Crippen LogP contribution < -0.4 is 4.74 Å². The van der Waals surface area contributed by atoms with Gasteiger partial charge >= 0.3 is 0 Å². The van der Waals surface area contributed by atoms with Gasteiger partial charge in [0.2, 0.25) is 0 Å². The molecule has 2 heteroatoms. The number of para-hydroxylation sites is 1. The maximum Gasteiger partial charge on any atom is 0.159 e. The molecule has 20 heavy (non-hydrogen) atoms. The van der Waals surface area contributed by atoms with Crippen LogP contribution in [-0.4, -0.2) is 12.4 Å². The molecule has 0 bridgehead atoms. The third kappa shape index (κ3) is 4.23. The Morgan fingerprint density at radius 3 is 2.30 bits per heavy atom. The third-order valence-electron chi connectivity index (χ3n) is 3.10. The first-order valence-electron chi connectivity index (χ1n) is 6.45. The van der Waals surface area contributed by atoms with E-state index in [9.17, 15) is 4.79 Å². The van der Waals surface area contributed by atoms with Crippen molar-refractivity contribution in [3.63, 3.8) is 0 Å². The monoisotopic (exact) mass is 270 g/mol. The van der Waals surface area contributed by atoms with Crippen LogP contribution >= 0.6 is 0 Å². The summed E-state index contributed by atoms with van der Waals surface area (Å²) >= 11 is 0. The Bertz CT molecular complexity index is 556. The molecule has 0 aliphatic heterocycles. The number of carbonyl (C=O) groups excluding carboxylic acids is 1. The molecular weight excluding hydrogens is 248 g/mol. The van der Waals surface area contributed by atoms with Gasteiger partial charge in [-0.2, -0.15) is 0 Å². The van der Waals surface area contributed by atoms with Gasteiger partial charge < -0.3 is 4.74 Å². The van der Waals surface area contributed by atoms with Crippen LogP contribution in [0.4, 0.5) is 0 Å². The zero-order valence-corrected chi connectivity index (χ0v) is 11.3. The molecule has 0 fully saturated rings. The van der Waals surface area contributed by atoms with Crippen LogP contribution in [0.25, 0.3) is 0 Å². The third-order valence-corrected chi connectivity index (χ3v) is 3.10. The van der Waals surface area contributed by atoms with Crippen LogP contribution in [0.5, 0.6) is 5.75 Å². The highest BCUT2D eigenvalue weighted by molar-refractivity contribution is 5.93. The van der Waals surface area contributed by atoms with Crippen LogP contribution in [0.1, 0.15) is 35.8 Å². The topological polar surface area (TPSA) is 26.3 Å². The summed E-state index contributed by atoms with van der Waals surface area (Å²) < 4.78 is 5.75. The Hall–Kier alpha value is -2.09. The second kappa shape index (κ2) is 7.49. The van der Waals surface area contributed by atoms with Gasteiger partial charge in [-0.3, -0.25) is 4.79 Å². The number of hydrogen-bond donors (Lipinski definition) is 0. The molecule has 0 saturated heterocycles. The lowest BCUT2D eigenvalue weighted by molar-refractivity contribution is 0.101. The molecule has 106 valence electrons. The lowest BCUT2D eigenvalue weighted by Gasteiger charge is -2.08. The first kappa shape index (κ1) is 16.0. The minimum Gasteiger partial charge on any atom is -0.493 e. The van der Waals surface area contributed by atoms with E-state index < -0.39 is 0 Å². The average molecular weight is 270 g/mol. The number of rotatable bonds is 5. The Morgan fingerprint density at radius 1 is 1.05 bits per heavy atom. The van der Waals surface area contributed by atoms with Crippen molar-refractivity contribution in [2.45, 2.75) is 27.7 Å². The minimum absolute atomic E-state index is 0. The summed E-state index contributed by atoms with van der Waals surface area (Å²) in [6.07, 6.45) is 0.840. The van der Waals surface area contributed by atoms with Gasteiger partial charge in [-0.15, -0.1) is 0 Å². The zero-order chi connectivity index (χ0) is 13.7. The van der Waals surface area contributed by atoms with Crippen molar-refractivity contribution in [2.24, 2.45) is 0 Å². The maximum absolute atomic E-state index is 11.2. The fourth-order valence-electron chi connectivity index (χ4n) is 1.90. The predicted octanol–water partition coefficient (Wildman–Crippen LogP) is 4.46. The normalized spacial score (nSPS) is 9.70. The summed E-state index contributed by atoms with van der Waals surface area (Å²) in [5.41, 5.74) is 3.08. The molecule has 2 aromatic carbocycles. The lowest BCUT2D eigenvalue weighted by Crippen LogP contribution is -2.02. The zero-order valence-electron chi connectivity index (χ0n) is 11.3. The first-order valence-corrected chi connectivity index (χ1v) is 6.45. The van der Waals surface area contributed by atoms with Gasteiger partial charge in [0.15, 0.2) is 5.78 Å². The van der Waals surface area contributed by atoms with E-state index in [-0.39, 0.29) is 13.2 Å². The molecule has 0 N–H and O–H groups in total. The van der Waals surface area contributed by atoms with Gasteiger partial charge in [0.25, 0.3) is 0 Å². The smallest absolute Gasteiger partial charge is 0.159 e. The highest BCUT2D eigenvalue weighted by Crippen LogP contribution is 2.16. The van der Waals surface area contributed by atoms with Gasteiger partial charge in [0.05, 0.1) is 6.61 Å². The Labute approximate surface area is 121 Å². The number of carbonyl (C=O) groups is 1. The quantitative estimate of drug-likeness (QED) is 0.750. The van der Waals surface area contributed by atoms with E-state index in [2.05, 4.69) is 0 Å². The van der Waals surface area contributed by atoms with Crippen LogP contribution in [0, 0.1) is 6.92 Å². The van der Waals surface area contributed by atoms with E-state index in [1.165, 1.54) is 5.56 Å². The van der Waals surface area contributed by atoms with Gasteiger partial charge in [-0.05, 0) is 31.0 Å². The fraction of sp³-hybridized carbons (Fsp3) is 0.278. The Balaban J connectivity index is 0.00000200. The molecule has 0 heterocycles. The number of benzene rings is 2. The van der Waals surface area contributed by atoms with E-state index in [1.807, 2.05) is 55.5 Å². The second-order valence-corrected chi connectivity index (χ2v) is 4.62. The Kier molecular flexibility index (Phi) is 5.98. The number of ketones is 1. The minimum atomic E-state index is 0. The number of Topliss-reactive ketones (excluding diaryl/α,β-unsaturated/α-hetero) is 1. The van der Waals surface area contributed by atoms with Gasteiger partial charge in [-0.1, -0.05) is 49.9 Å². The van der Waals surface area contributed by atoms with Crippen molar-refractivity contribution in [3.05, 3.63) is 65.2 Å². The number of hydrogen-bond acceptors (Lipinski definition) is 2. The molecule has 0 unspecified atom stereocenters. The molecule has 2 aromatic rings. The number of ether oxygens (including phenoxy) is 1. The predicted molar refractivity (Wildman–Crippen MR) is 83.6 cm³/mol. The van der Waals surface area contributed by atoms with E-state index in [1.54, 1.807) is 6.92 Å². The van der Waals surface area contributed by atoms with Gasteiger partial charge in [0.1, 0.15) is 5.75 Å². The van der Waals surface area contributed by atoms with E-state index in [4.69, 9.17) is 4.74 Å². The van der Waals surface area contributed by atoms with Crippen LogP contribution in [0.3, 0.4) is 0 Å². The molecule has 2 rings (SSSR count). The molecule has 0 aliphatic rings. The van der Waals surface area contributed by atoms with E-state index in [0.29, 0.717) is 6.61 Å². The van der Waals surface area contributed by atoms with Gasteiger partial charge in [-0.25, -0.2) is 0 Å². The van der Waals surface area contributed by atoms with E-state index in [0.717, 1.165) is 23.3 Å². The van der Waals surface area contributed by atoms with Crippen LogP contribution in [-0.2, 0) is 6.42 Å². The molecule has 0 aromatic heterocycles. The molecule has 0 aliphatic carbocycles. The Morgan fingerprint density at radius 2 is 1.70 bits per heavy atom. The summed E-state index contributed by atoms with van der Waals surface area (Å²) in [4.78, 5) is 11.2. The van der Waals surface area contributed by atoms with Crippen molar-refractivity contribution in [1.29, 1.82) is 0 Å². The average Bonchev–Trinajstić information content (AvgIpc) is 2.41. The maximum atomic E-state index is 11.2. The molecule has 0 atom stereocenters. The summed E-state index contributed by atoms with van der Waals surface area (Å²) in [6.45, 7) is 4.26. The molecule has 0 saturated carbocycles. The fourth-order valence-corrected chi connectivity index (χ4v) is 1.90. The second-order valence-electron chi connectivity index (χ2n) is 4.62. The summed E-state index contributed by atoms with van der Waals surface area (Å²) in [6, 6.07) is 15.7. The highest BCUT2D eigenvalue weighted by Gasteiger charge is 2.01. The van der Waals surface area contributed by atoms with Crippen molar-refractivity contribution >= 4 is 5.78 Å². The van der Waals surface area contributed by atoms with Crippen molar-refractivity contribution in [3.8, 4) is 5.75 Å². The molecular formula is C18H22O2. The summed E-state index contributed by atoms with van der Waals surface area (Å²) in [7, 11) is 0. The van der Waals surface area contributed by atoms with Gasteiger partial charge in [0, 0.05) is 12.0 Å². The number of aryl methyl sites for hydroxylation is 1. The van der Waals surface area contributed by atoms with E-state index >= 15 is 0 Å². The van der Waals surface area contributed by atoms with Crippen LogP contribution in [0.15, 0.2) is 48.5 Å². The highest BCUT2D eigenvalue weighted by atomic mass is 16.5. The van der Waals surface area contributed by atoms with Crippen LogP contribution in [0.2, 0.25) is 0 Å². The standard InChI is InChI=1S/C17H18O2.CH4/c1-13-5-3-4-6-17(13)19-12-11-15-7-9-16(10-8-15)14(2)18;/h3-10H,11-12H2,1-2H3;1H4. The molecule has 0 amide bonds. The van der Waals surface area contributed by atoms with Crippen molar-refractivity contribution in [1.82, 2.24) is 0 Å². The summed E-state index contributed by atoms with van der Waals surface area (Å²) in [5.74, 6) is 1.03. The largest absolute Gasteiger partial charge is 0.493 e. The first-order chi connectivity index (χ1) is 9.16.